The molecule has 140 valence electrons. The van der Waals surface area contributed by atoms with Crippen molar-refractivity contribution in [3.05, 3.63) is 88.0 Å². The van der Waals surface area contributed by atoms with Gasteiger partial charge in [-0.3, -0.25) is 0 Å². The van der Waals surface area contributed by atoms with Gasteiger partial charge in [-0.25, -0.2) is 4.70 Å². The van der Waals surface area contributed by atoms with E-state index in [9.17, 15) is 5.53 Å². The molecule has 2 nitrogen and oxygen atoms in total. The highest BCUT2D eigenvalue weighted by molar-refractivity contribution is 5.78. The fraction of sp³-hybridized carbons (Fsp3) is 0.360. The van der Waals surface area contributed by atoms with Gasteiger partial charge in [-0.1, -0.05) is 62.9 Å². The van der Waals surface area contributed by atoms with Crippen LogP contribution in [0.25, 0.3) is 16.9 Å². The average molecular weight is 359 g/mol. The molecule has 0 aliphatic carbocycles. The van der Waals surface area contributed by atoms with Crippen LogP contribution in [0.5, 0.6) is 0 Å². The van der Waals surface area contributed by atoms with E-state index in [2.05, 4.69) is 75.4 Å². The van der Waals surface area contributed by atoms with Gasteiger partial charge in [0.2, 0.25) is 11.4 Å². The van der Waals surface area contributed by atoms with Crippen LogP contribution in [0.3, 0.4) is 0 Å². The number of allylic oxidation sites excluding steroid dienone is 2. The quantitative estimate of drug-likeness (QED) is 0.349. The van der Waals surface area contributed by atoms with Gasteiger partial charge in [0.25, 0.3) is 0 Å². The van der Waals surface area contributed by atoms with E-state index in [0.717, 1.165) is 41.8 Å². The summed E-state index contributed by atoms with van der Waals surface area (Å²) in [5, 5.41) is 0. The van der Waals surface area contributed by atoms with E-state index in [1.165, 1.54) is 40.7 Å². The molecule has 0 unspecified atom stereocenters. The minimum absolute atomic E-state index is 0.882. The summed E-state index contributed by atoms with van der Waals surface area (Å²) in [5.41, 5.74) is 18.8. The molecule has 0 bridgehead atoms. The second-order valence-electron chi connectivity index (χ2n) is 7.45. The Morgan fingerprint density at radius 2 is 1.67 bits per heavy atom. The van der Waals surface area contributed by atoms with E-state index in [1.807, 2.05) is 0 Å². The van der Waals surface area contributed by atoms with Crippen molar-refractivity contribution >= 4 is 11.4 Å². The van der Waals surface area contributed by atoms with Crippen LogP contribution in [0.4, 0.5) is 0 Å². The summed E-state index contributed by atoms with van der Waals surface area (Å²) in [6, 6.07) is 16.9. The number of hydrogen-bond acceptors (Lipinski definition) is 0. The van der Waals surface area contributed by atoms with Gasteiger partial charge in [0, 0.05) is 22.8 Å². The Kier molecular flexibility index (Phi) is 6.39. The number of benzene rings is 2. The third-order valence-electron chi connectivity index (χ3n) is 5.28. The molecule has 0 amide bonds. The number of hydrogen-bond donors (Lipinski definition) is 0. The maximum Gasteiger partial charge on any atom is 0.210 e. The van der Waals surface area contributed by atoms with E-state index >= 15 is 0 Å². The van der Waals surface area contributed by atoms with Crippen molar-refractivity contribution in [2.24, 2.45) is 0 Å². The molecule has 0 saturated carbocycles. The molecule has 27 heavy (non-hydrogen) atoms. The van der Waals surface area contributed by atoms with Crippen LogP contribution < -0.4 is 0 Å². The lowest BCUT2D eigenvalue weighted by Crippen LogP contribution is -2.02. The second-order valence-corrected chi connectivity index (χ2v) is 7.45. The van der Waals surface area contributed by atoms with Crippen molar-refractivity contribution in [1.82, 2.24) is 0 Å². The van der Waals surface area contributed by atoms with Crippen LogP contribution in [0.15, 0.2) is 60.2 Å². The predicted octanol–water partition coefficient (Wildman–Crippen LogP) is 7.33. The first kappa shape index (κ1) is 19.3. The Hall–Kier alpha value is -2.48. The maximum absolute atomic E-state index is 11.1. The molecule has 2 aromatic rings. The predicted molar refractivity (Wildman–Crippen MR) is 114 cm³/mol. The number of rotatable bonds is 8. The largest absolute Gasteiger partial charge is 0.493 e. The molecule has 3 rings (SSSR count). The molecule has 0 aromatic heterocycles. The SMILES string of the molecule is CCCCCCC1=C(c2cccc(C)c2)[N+](=[N-])C(c2cccc(CC)c2)=C1. The third-order valence-corrected chi connectivity index (χ3v) is 5.28. The van der Waals surface area contributed by atoms with Gasteiger partial charge >= 0.3 is 0 Å². The Bertz CT molecular complexity index is 887. The minimum Gasteiger partial charge on any atom is -0.493 e. The molecule has 1 aliphatic heterocycles. The van der Waals surface area contributed by atoms with Gasteiger partial charge in [-0.05, 0) is 56.0 Å². The monoisotopic (exact) mass is 358 g/mol. The highest BCUT2D eigenvalue weighted by atomic mass is 15.2. The van der Waals surface area contributed by atoms with Crippen molar-refractivity contribution in [3.63, 3.8) is 0 Å². The number of aryl methyl sites for hydroxylation is 2. The van der Waals surface area contributed by atoms with Crippen LogP contribution in [-0.4, -0.2) is 4.70 Å². The van der Waals surface area contributed by atoms with Gasteiger partial charge in [-0.2, -0.15) is 0 Å². The molecule has 0 N–H and O–H groups in total. The molecule has 2 aromatic carbocycles. The molecule has 0 radical (unpaired) electrons. The molecule has 0 fully saturated rings. The summed E-state index contributed by atoms with van der Waals surface area (Å²) < 4.78 is 1.40. The summed E-state index contributed by atoms with van der Waals surface area (Å²) in [6.45, 7) is 6.50. The fourth-order valence-corrected chi connectivity index (χ4v) is 3.74. The number of unbranched alkanes of at least 4 members (excludes halogenated alkanes) is 3. The Morgan fingerprint density at radius 1 is 0.889 bits per heavy atom. The summed E-state index contributed by atoms with van der Waals surface area (Å²) >= 11 is 0. The zero-order valence-electron chi connectivity index (χ0n) is 16.8. The zero-order valence-corrected chi connectivity index (χ0v) is 16.8. The standard InChI is InChI=1S/C25H30N2/c1-4-6-7-8-13-23-18-24(21-14-10-12-20(5-2)17-21)27(26)25(23)22-15-9-11-19(3)16-22/h9-12,14-18H,4-8,13H2,1-3H3. The van der Waals surface area contributed by atoms with E-state index in [0.29, 0.717) is 0 Å². The van der Waals surface area contributed by atoms with Crippen molar-refractivity contribution in [2.75, 3.05) is 0 Å². The third kappa shape index (κ3) is 4.44. The van der Waals surface area contributed by atoms with Gasteiger partial charge in [0.15, 0.2) is 0 Å². The first-order valence-corrected chi connectivity index (χ1v) is 10.2. The Labute approximate surface area is 163 Å². The molecule has 0 atom stereocenters. The molecular weight excluding hydrogens is 328 g/mol. The lowest BCUT2D eigenvalue weighted by molar-refractivity contribution is -0.344. The normalized spacial score (nSPS) is 14.0. The zero-order chi connectivity index (χ0) is 19.2. The van der Waals surface area contributed by atoms with E-state index in [-0.39, 0.29) is 0 Å². The van der Waals surface area contributed by atoms with Gasteiger partial charge in [0.1, 0.15) is 0 Å². The van der Waals surface area contributed by atoms with Crippen molar-refractivity contribution < 1.29 is 4.70 Å². The average Bonchev–Trinajstić information content (AvgIpc) is 3.01. The van der Waals surface area contributed by atoms with Crippen LogP contribution in [0.2, 0.25) is 0 Å². The van der Waals surface area contributed by atoms with Gasteiger partial charge in [0.05, 0.1) is 0 Å². The summed E-state index contributed by atoms with van der Waals surface area (Å²) in [4.78, 5) is 0. The van der Waals surface area contributed by atoms with E-state index in [4.69, 9.17) is 0 Å². The lowest BCUT2D eigenvalue weighted by Gasteiger charge is -2.10. The Morgan fingerprint density at radius 3 is 2.41 bits per heavy atom. The first-order valence-electron chi connectivity index (χ1n) is 10.2. The summed E-state index contributed by atoms with van der Waals surface area (Å²) in [5.74, 6) is 0. The van der Waals surface area contributed by atoms with Crippen LogP contribution in [0.1, 0.15) is 68.2 Å². The summed E-state index contributed by atoms with van der Waals surface area (Å²) in [6.07, 6.45) is 9.07. The van der Waals surface area contributed by atoms with Gasteiger partial charge < -0.3 is 5.53 Å². The minimum atomic E-state index is 0.882. The molecular formula is C25H30N2. The van der Waals surface area contributed by atoms with E-state index in [1.54, 1.807) is 0 Å². The van der Waals surface area contributed by atoms with Crippen molar-refractivity contribution in [1.29, 1.82) is 0 Å². The van der Waals surface area contributed by atoms with Crippen molar-refractivity contribution in [3.8, 4) is 0 Å². The van der Waals surface area contributed by atoms with Crippen molar-refractivity contribution in [2.45, 2.75) is 59.3 Å². The lowest BCUT2D eigenvalue weighted by atomic mass is 10.0. The summed E-state index contributed by atoms with van der Waals surface area (Å²) in [7, 11) is 0. The van der Waals surface area contributed by atoms with Crippen LogP contribution >= 0.6 is 0 Å². The number of nitrogens with zero attached hydrogens (tertiary/aromatic N) is 2. The van der Waals surface area contributed by atoms with Crippen LogP contribution in [0, 0.1) is 6.92 Å². The molecule has 0 spiro atoms. The van der Waals surface area contributed by atoms with E-state index < -0.39 is 0 Å². The van der Waals surface area contributed by atoms with Crippen LogP contribution in [-0.2, 0) is 6.42 Å². The maximum atomic E-state index is 11.1. The first-order chi connectivity index (χ1) is 13.1. The molecule has 1 heterocycles. The highest BCUT2D eigenvalue weighted by Gasteiger charge is 2.28. The molecule has 1 aliphatic rings. The highest BCUT2D eigenvalue weighted by Crippen LogP contribution is 2.37. The topological polar surface area (TPSA) is 25.3 Å². The fourth-order valence-electron chi connectivity index (χ4n) is 3.74. The Balaban J connectivity index is 1.96. The smallest absolute Gasteiger partial charge is 0.210 e. The second kappa shape index (κ2) is 8.94. The molecule has 2 heteroatoms. The molecule has 0 saturated heterocycles. The van der Waals surface area contributed by atoms with Gasteiger partial charge in [-0.15, -0.1) is 0 Å².